The van der Waals surface area contributed by atoms with Crippen molar-refractivity contribution in [2.24, 2.45) is 5.92 Å². The second-order valence-electron chi connectivity index (χ2n) is 11.7. The zero-order chi connectivity index (χ0) is 26.9. The summed E-state index contributed by atoms with van der Waals surface area (Å²) in [6, 6.07) is 0.437. The molecule has 37 heavy (non-hydrogen) atoms. The van der Waals surface area contributed by atoms with Crippen LogP contribution < -0.4 is 9.47 Å². The Morgan fingerprint density at radius 3 is 2.65 bits per heavy atom. The molecule has 3 heterocycles. The first-order valence-corrected chi connectivity index (χ1v) is 13.0. The lowest BCUT2D eigenvalue weighted by atomic mass is 9.61. The number of aliphatic carboxylic acids is 2. The normalized spacial score (nSPS) is 31.6. The second kappa shape index (κ2) is 8.75. The molecule has 0 saturated heterocycles. The highest BCUT2D eigenvalue weighted by Gasteiger charge is 2.61. The Bertz CT molecular complexity index is 1200. The molecular weight excluding hydrogens is 478 g/mol. The topological polar surface area (TPSA) is 134 Å². The number of aliphatic hydroxyl groups is 1. The Hall–Kier alpha value is -3.07. The van der Waals surface area contributed by atoms with E-state index < -0.39 is 41.2 Å². The third kappa shape index (κ3) is 4.07. The Morgan fingerprint density at radius 2 is 2.00 bits per heavy atom. The first kappa shape index (κ1) is 25.6. The number of hydrogen-bond donors (Lipinski definition) is 3. The van der Waals surface area contributed by atoms with Crippen molar-refractivity contribution < 1.29 is 39.2 Å². The van der Waals surface area contributed by atoms with Crippen molar-refractivity contribution in [2.75, 3.05) is 0 Å². The molecule has 1 aromatic rings. The third-order valence-electron chi connectivity index (χ3n) is 8.73. The molecule has 1 saturated carbocycles. The lowest BCUT2D eigenvalue weighted by Crippen LogP contribution is -2.57. The van der Waals surface area contributed by atoms with Gasteiger partial charge >= 0.3 is 11.9 Å². The number of hydrogen-bond acceptors (Lipinski definition) is 6. The largest absolute Gasteiger partial charge is 0.487 e. The summed E-state index contributed by atoms with van der Waals surface area (Å²) in [6.07, 6.45) is 4.09. The maximum atomic E-state index is 13.5. The van der Waals surface area contributed by atoms with Gasteiger partial charge in [0.1, 0.15) is 29.2 Å². The highest BCUT2D eigenvalue weighted by atomic mass is 16.5. The lowest BCUT2D eigenvalue weighted by Gasteiger charge is -2.51. The maximum absolute atomic E-state index is 13.5. The minimum atomic E-state index is -1.27. The number of carboxylic acid groups (broad SMARTS) is 2. The molecule has 4 aliphatic rings. The molecule has 1 aromatic carbocycles. The van der Waals surface area contributed by atoms with Crippen molar-refractivity contribution in [3.8, 4) is 11.5 Å². The number of fused-ring (bicyclic) bond motifs is 2. The van der Waals surface area contributed by atoms with Crippen LogP contribution in [0.3, 0.4) is 0 Å². The van der Waals surface area contributed by atoms with Crippen molar-refractivity contribution in [1.82, 2.24) is 4.90 Å². The predicted octanol–water partition coefficient (Wildman–Crippen LogP) is 3.86. The molecule has 6 atom stereocenters. The van der Waals surface area contributed by atoms with Gasteiger partial charge in [-0.2, -0.15) is 0 Å². The summed E-state index contributed by atoms with van der Waals surface area (Å²) in [5.41, 5.74) is 1.42. The highest BCUT2D eigenvalue weighted by molar-refractivity contribution is 6.02. The molecule has 0 spiro atoms. The quantitative estimate of drug-likeness (QED) is 0.446. The summed E-state index contributed by atoms with van der Waals surface area (Å²) < 4.78 is 13.2. The van der Waals surface area contributed by atoms with Gasteiger partial charge in [-0.25, -0.2) is 4.79 Å². The molecule has 1 aliphatic carbocycles. The number of ether oxygens (including phenoxy) is 2. The Labute approximate surface area is 216 Å². The van der Waals surface area contributed by atoms with Crippen LogP contribution in [0.2, 0.25) is 0 Å². The number of nitrogens with zero attached hydrogens (tertiary/aromatic N) is 1. The molecule has 1 fully saturated rings. The zero-order valence-corrected chi connectivity index (χ0v) is 21.7. The fraction of sp³-hybridized carbons (Fsp3) is 0.607. The van der Waals surface area contributed by atoms with Crippen molar-refractivity contribution in [3.05, 3.63) is 34.4 Å². The van der Waals surface area contributed by atoms with E-state index in [1.807, 2.05) is 0 Å². The van der Waals surface area contributed by atoms with Crippen molar-refractivity contribution in [1.29, 1.82) is 0 Å². The van der Waals surface area contributed by atoms with Crippen LogP contribution in [0.25, 0.3) is 0 Å². The van der Waals surface area contributed by atoms with E-state index in [9.17, 15) is 24.6 Å². The predicted molar refractivity (Wildman–Crippen MR) is 133 cm³/mol. The monoisotopic (exact) mass is 513 g/mol. The standard InChI is InChI=1S/C28H35NO8/c1-14(2)6-5-10-28(4)17-9-11-27(3,35)24-21(17)22-19(37-28)12-15-16(23(22)36-24)13-29(25(15)32)18(26(33)34)7-8-20(30)31/h6,12,17-18,21,24,35H,5,7-11,13H2,1-4H3,(H,30,31)(H,33,34)/t17-,18+,21+,24-,27-,28-/m1/s1. The molecule has 0 aromatic heterocycles. The average Bonchev–Trinajstić information content (AvgIpc) is 3.34. The number of benzene rings is 1. The summed E-state index contributed by atoms with van der Waals surface area (Å²) in [7, 11) is 0. The molecule has 0 radical (unpaired) electrons. The van der Waals surface area contributed by atoms with E-state index in [-0.39, 0.29) is 31.2 Å². The smallest absolute Gasteiger partial charge is 0.326 e. The van der Waals surface area contributed by atoms with Crippen LogP contribution in [0, 0.1) is 5.92 Å². The maximum Gasteiger partial charge on any atom is 0.326 e. The Balaban J connectivity index is 1.57. The number of amides is 1. The Morgan fingerprint density at radius 1 is 1.27 bits per heavy atom. The van der Waals surface area contributed by atoms with E-state index in [4.69, 9.17) is 14.6 Å². The molecule has 5 rings (SSSR count). The molecule has 0 unspecified atom stereocenters. The zero-order valence-electron chi connectivity index (χ0n) is 21.7. The van der Waals surface area contributed by atoms with E-state index in [0.29, 0.717) is 29.0 Å². The van der Waals surface area contributed by atoms with Crippen LogP contribution in [0.4, 0.5) is 0 Å². The van der Waals surface area contributed by atoms with Gasteiger partial charge in [0.2, 0.25) is 0 Å². The molecule has 3 N–H and O–H groups in total. The first-order valence-electron chi connectivity index (χ1n) is 13.0. The van der Waals surface area contributed by atoms with Crippen LogP contribution in [-0.4, -0.2) is 61.4 Å². The molecule has 200 valence electrons. The summed E-state index contributed by atoms with van der Waals surface area (Å²) in [5, 5.41) is 30.2. The number of allylic oxidation sites excluding steroid dienone is 2. The van der Waals surface area contributed by atoms with E-state index in [1.54, 1.807) is 13.0 Å². The fourth-order valence-corrected chi connectivity index (χ4v) is 6.84. The van der Waals surface area contributed by atoms with Gasteiger partial charge in [-0.3, -0.25) is 9.59 Å². The lowest BCUT2D eigenvalue weighted by molar-refractivity contribution is -0.143. The van der Waals surface area contributed by atoms with Crippen LogP contribution in [0.1, 0.15) is 93.6 Å². The van der Waals surface area contributed by atoms with Crippen LogP contribution >= 0.6 is 0 Å². The van der Waals surface area contributed by atoms with Gasteiger partial charge in [0.15, 0.2) is 0 Å². The second-order valence-corrected chi connectivity index (χ2v) is 11.7. The average molecular weight is 514 g/mol. The molecule has 0 bridgehead atoms. The van der Waals surface area contributed by atoms with E-state index in [0.717, 1.165) is 24.8 Å². The molecule has 1 amide bonds. The number of rotatable bonds is 8. The summed E-state index contributed by atoms with van der Waals surface area (Å²) in [6.45, 7) is 8.02. The summed E-state index contributed by atoms with van der Waals surface area (Å²) >= 11 is 0. The van der Waals surface area contributed by atoms with Gasteiger partial charge in [-0.05, 0) is 65.9 Å². The van der Waals surface area contributed by atoms with E-state index in [1.165, 1.54) is 10.5 Å². The van der Waals surface area contributed by atoms with Gasteiger partial charge in [0, 0.05) is 29.4 Å². The minimum absolute atomic E-state index is 0.0114. The molecular formula is C28H35NO8. The SMILES string of the molecule is CC(C)=CCC[C@@]1(C)Oc2cc3c(c4c2[C@@H]2[C@H]1CC[C@@](C)(O)[C@@H]2O4)CN([C@@H](CCC(=O)O)C(=O)O)C3=O. The van der Waals surface area contributed by atoms with Gasteiger partial charge in [-0.1, -0.05) is 11.6 Å². The van der Waals surface area contributed by atoms with E-state index in [2.05, 4.69) is 26.8 Å². The molecule has 9 nitrogen and oxygen atoms in total. The number of carbonyl (C=O) groups is 3. The first-order chi connectivity index (χ1) is 17.3. The fourth-order valence-electron chi connectivity index (χ4n) is 6.84. The van der Waals surface area contributed by atoms with Crippen LogP contribution in [0.5, 0.6) is 11.5 Å². The van der Waals surface area contributed by atoms with Gasteiger partial charge in [0.25, 0.3) is 5.91 Å². The summed E-state index contributed by atoms with van der Waals surface area (Å²) in [5.74, 6) is -1.76. The van der Waals surface area contributed by atoms with Crippen molar-refractivity contribution in [2.45, 2.75) is 102 Å². The van der Waals surface area contributed by atoms with Gasteiger partial charge < -0.3 is 29.7 Å². The Kier molecular flexibility index (Phi) is 6.05. The van der Waals surface area contributed by atoms with Crippen molar-refractivity contribution >= 4 is 17.8 Å². The molecule has 3 aliphatic heterocycles. The van der Waals surface area contributed by atoms with Crippen LogP contribution in [0.15, 0.2) is 17.7 Å². The van der Waals surface area contributed by atoms with E-state index >= 15 is 0 Å². The number of carboxylic acids is 2. The van der Waals surface area contributed by atoms with Gasteiger partial charge in [-0.15, -0.1) is 0 Å². The third-order valence-corrected chi connectivity index (χ3v) is 8.73. The highest BCUT2D eigenvalue weighted by Crippen LogP contribution is 2.63. The molecule has 9 heteroatoms. The van der Waals surface area contributed by atoms with Crippen LogP contribution in [-0.2, 0) is 16.1 Å². The van der Waals surface area contributed by atoms with Crippen molar-refractivity contribution in [3.63, 3.8) is 0 Å². The number of carbonyl (C=O) groups excluding carboxylic acids is 1. The van der Waals surface area contributed by atoms with Gasteiger partial charge in [0.05, 0.1) is 17.7 Å². The summed E-state index contributed by atoms with van der Waals surface area (Å²) in [4.78, 5) is 37.8. The minimum Gasteiger partial charge on any atom is -0.487 e.